The van der Waals surface area contributed by atoms with Gasteiger partial charge in [-0.15, -0.1) is 0 Å². The molecule has 2 nitrogen and oxygen atoms in total. The zero-order chi connectivity index (χ0) is 15.4. The number of nitrogens with one attached hydrogen (secondary N) is 1. The minimum atomic E-state index is -0.218. The summed E-state index contributed by atoms with van der Waals surface area (Å²) in [6.45, 7) is 4.01. The third kappa shape index (κ3) is 3.95. The highest BCUT2D eigenvalue weighted by Gasteiger charge is 2.19. The summed E-state index contributed by atoms with van der Waals surface area (Å²) in [4.78, 5) is 0. The Kier molecular flexibility index (Phi) is 5.58. The number of hydrogen-bond acceptors (Lipinski definition) is 2. The molecule has 0 fully saturated rings. The van der Waals surface area contributed by atoms with Crippen LogP contribution >= 0.6 is 22.6 Å². The van der Waals surface area contributed by atoms with Crippen LogP contribution in [0.5, 0.6) is 5.75 Å². The average molecular weight is 399 g/mol. The Morgan fingerprint density at radius 3 is 2.43 bits per heavy atom. The van der Waals surface area contributed by atoms with Gasteiger partial charge in [0.25, 0.3) is 0 Å². The van der Waals surface area contributed by atoms with Crippen LogP contribution in [0.2, 0.25) is 0 Å². The van der Waals surface area contributed by atoms with Crippen molar-refractivity contribution < 1.29 is 9.13 Å². The van der Waals surface area contributed by atoms with E-state index in [9.17, 15) is 4.39 Å². The van der Waals surface area contributed by atoms with Gasteiger partial charge in [-0.05, 0) is 67.2 Å². The fourth-order valence-electron chi connectivity index (χ4n) is 2.29. The average Bonchev–Trinajstić information content (AvgIpc) is 2.43. The number of rotatable bonds is 5. The van der Waals surface area contributed by atoms with Crippen molar-refractivity contribution in [2.45, 2.75) is 26.0 Å². The number of benzene rings is 2. The molecule has 2 aromatic carbocycles. The molecule has 0 aliphatic carbocycles. The lowest BCUT2D eigenvalue weighted by atomic mass is 9.98. The Morgan fingerprint density at radius 2 is 1.81 bits per heavy atom. The molecule has 2 aromatic rings. The normalized spacial score (nSPS) is 12.5. The van der Waals surface area contributed by atoms with Gasteiger partial charge in [0.2, 0.25) is 0 Å². The Bertz CT molecular complexity index is 615. The van der Waals surface area contributed by atoms with E-state index in [2.05, 4.69) is 27.9 Å². The van der Waals surface area contributed by atoms with E-state index < -0.39 is 0 Å². The Labute approximate surface area is 138 Å². The predicted molar refractivity (Wildman–Crippen MR) is 92.2 cm³/mol. The number of hydrogen-bond donors (Lipinski definition) is 1. The van der Waals surface area contributed by atoms with Crippen molar-refractivity contribution in [1.29, 1.82) is 0 Å². The van der Waals surface area contributed by atoms with Gasteiger partial charge in [0.1, 0.15) is 11.6 Å². The lowest BCUT2D eigenvalue weighted by Crippen LogP contribution is -2.20. The summed E-state index contributed by atoms with van der Waals surface area (Å²) in [6, 6.07) is 12.8. The Morgan fingerprint density at radius 1 is 1.10 bits per heavy atom. The third-order valence-electron chi connectivity index (χ3n) is 3.15. The van der Waals surface area contributed by atoms with Gasteiger partial charge in [0, 0.05) is 9.13 Å². The molecule has 0 radical (unpaired) electrons. The fraction of sp³-hybridized carbons (Fsp3) is 0.294. The van der Waals surface area contributed by atoms with Gasteiger partial charge in [0.05, 0.1) is 12.1 Å². The number of ether oxygens (including phenoxy) is 1. The molecular weight excluding hydrogens is 380 g/mol. The maximum Gasteiger partial charge on any atom is 0.124 e. The van der Waals surface area contributed by atoms with E-state index in [0.717, 1.165) is 20.4 Å². The molecule has 0 saturated heterocycles. The van der Waals surface area contributed by atoms with Crippen LogP contribution in [0.25, 0.3) is 0 Å². The van der Waals surface area contributed by atoms with E-state index in [-0.39, 0.29) is 18.0 Å². The molecular formula is C17H19FINO. The lowest BCUT2D eigenvalue weighted by Gasteiger charge is -2.22. The van der Waals surface area contributed by atoms with Crippen LogP contribution in [-0.4, -0.2) is 13.2 Å². The van der Waals surface area contributed by atoms with Gasteiger partial charge in [-0.1, -0.05) is 24.3 Å². The standard InChI is InChI=1S/C17H19FINO/c1-11(2)21-16-7-5-4-6-14(16)17(20-3)13-9-8-12(18)10-15(13)19/h4-11,17,20H,1-3H3. The molecule has 1 unspecified atom stereocenters. The highest BCUT2D eigenvalue weighted by molar-refractivity contribution is 14.1. The van der Waals surface area contributed by atoms with Crippen molar-refractivity contribution in [3.63, 3.8) is 0 Å². The minimum Gasteiger partial charge on any atom is -0.491 e. The minimum absolute atomic E-state index is 0.0348. The predicted octanol–water partition coefficient (Wildman–Crippen LogP) is 4.53. The Hall–Kier alpha value is -1.14. The van der Waals surface area contributed by atoms with Crippen LogP contribution in [0.1, 0.15) is 31.0 Å². The summed E-state index contributed by atoms with van der Waals surface area (Å²) in [6.07, 6.45) is 0.107. The van der Waals surface area contributed by atoms with Gasteiger partial charge in [0.15, 0.2) is 0 Å². The zero-order valence-corrected chi connectivity index (χ0v) is 14.5. The molecule has 0 saturated carbocycles. The molecule has 0 bridgehead atoms. The smallest absolute Gasteiger partial charge is 0.124 e. The van der Waals surface area contributed by atoms with Crippen LogP contribution in [-0.2, 0) is 0 Å². The van der Waals surface area contributed by atoms with Gasteiger partial charge < -0.3 is 10.1 Å². The van der Waals surface area contributed by atoms with E-state index in [0.29, 0.717) is 0 Å². The number of para-hydroxylation sites is 1. The summed E-state index contributed by atoms with van der Waals surface area (Å²) in [5.41, 5.74) is 2.09. The molecule has 0 heterocycles. The maximum atomic E-state index is 13.3. The SMILES string of the molecule is CNC(c1ccc(F)cc1I)c1ccccc1OC(C)C. The van der Waals surface area contributed by atoms with Crippen LogP contribution in [0, 0.1) is 9.39 Å². The van der Waals surface area contributed by atoms with E-state index in [1.165, 1.54) is 6.07 Å². The van der Waals surface area contributed by atoms with Crippen molar-refractivity contribution in [2.75, 3.05) is 7.05 Å². The van der Waals surface area contributed by atoms with Crippen molar-refractivity contribution in [3.05, 3.63) is 63.0 Å². The van der Waals surface area contributed by atoms with E-state index in [1.54, 1.807) is 6.07 Å². The second kappa shape index (κ2) is 7.22. The molecule has 4 heteroatoms. The quantitative estimate of drug-likeness (QED) is 0.747. The van der Waals surface area contributed by atoms with Gasteiger partial charge >= 0.3 is 0 Å². The first-order valence-corrected chi connectivity index (χ1v) is 7.98. The molecule has 1 N–H and O–H groups in total. The van der Waals surface area contributed by atoms with Gasteiger partial charge in [-0.2, -0.15) is 0 Å². The van der Waals surface area contributed by atoms with Gasteiger partial charge in [-0.3, -0.25) is 0 Å². The molecule has 2 rings (SSSR count). The van der Waals surface area contributed by atoms with Crippen LogP contribution in [0.3, 0.4) is 0 Å². The third-order valence-corrected chi connectivity index (χ3v) is 4.09. The van der Waals surface area contributed by atoms with Crippen molar-refractivity contribution in [1.82, 2.24) is 5.32 Å². The molecule has 21 heavy (non-hydrogen) atoms. The first-order valence-electron chi connectivity index (χ1n) is 6.90. The van der Waals surface area contributed by atoms with Crippen molar-refractivity contribution >= 4 is 22.6 Å². The summed E-state index contributed by atoms with van der Waals surface area (Å²) in [5, 5.41) is 3.30. The summed E-state index contributed by atoms with van der Waals surface area (Å²) in [7, 11) is 1.90. The summed E-state index contributed by atoms with van der Waals surface area (Å²) >= 11 is 2.17. The van der Waals surface area contributed by atoms with Crippen LogP contribution in [0.15, 0.2) is 42.5 Å². The summed E-state index contributed by atoms with van der Waals surface area (Å²) in [5.74, 6) is 0.636. The first kappa shape index (κ1) is 16.2. The van der Waals surface area contributed by atoms with Crippen LogP contribution in [0.4, 0.5) is 4.39 Å². The molecule has 0 aromatic heterocycles. The highest BCUT2D eigenvalue weighted by Crippen LogP contribution is 2.32. The summed E-state index contributed by atoms with van der Waals surface area (Å²) < 4.78 is 20.1. The second-order valence-corrected chi connectivity index (χ2v) is 6.25. The second-order valence-electron chi connectivity index (χ2n) is 5.09. The maximum absolute atomic E-state index is 13.3. The lowest BCUT2D eigenvalue weighted by molar-refractivity contribution is 0.238. The van der Waals surface area contributed by atoms with E-state index >= 15 is 0 Å². The first-order chi connectivity index (χ1) is 10.0. The van der Waals surface area contributed by atoms with Crippen LogP contribution < -0.4 is 10.1 Å². The van der Waals surface area contributed by atoms with E-state index in [1.807, 2.05) is 51.2 Å². The highest BCUT2D eigenvalue weighted by atomic mass is 127. The largest absolute Gasteiger partial charge is 0.491 e. The molecule has 0 amide bonds. The monoisotopic (exact) mass is 399 g/mol. The zero-order valence-electron chi connectivity index (χ0n) is 12.4. The molecule has 0 aliphatic heterocycles. The Balaban J connectivity index is 2.46. The molecule has 0 aliphatic rings. The van der Waals surface area contributed by atoms with Crippen molar-refractivity contribution in [3.8, 4) is 5.75 Å². The number of halogens is 2. The molecule has 1 atom stereocenters. The molecule has 0 spiro atoms. The molecule has 112 valence electrons. The van der Waals surface area contributed by atoms with Gasteiger partial charge in [-0.25, -0.2) is 4.39 Å². The topological polar surface area (TPSA) is 21.3 Å². The van der Waals surface area contributed by atoms with E-state index in [4.69, 9.17) is 4.74 Å². The van der Waals surface area contributed by atoms with Crippen molar-refractivity contribution in [2.24, 2.45) is 0 Å². The fourth-order valence-corrected chi connectivity index (χ4v) is 3.08.